The van der Waals surface area contributed by atoms with Crippen LogP contribution in [0, 0.1) is 0 Å². The average Bonchev–Trinajstić information content (AvgIpc) is 2.80. The molecule has 0 saturated carbocycles. The number of hydrogen-bond acceptors (Lipinski definition) is 5. The summed E-state index contributed by atoms with van der Waals surface area (Å²) in [6.07, 6.45) is 0. The van der Waals surface area contributed by atoms with Gasteiger partial charge in [-0.3, -0.25) is 14.4 Å². The van der Waals surface area contributed by atoms with Crippen molar-refractivity contribution in [3.05, 3.63) is 46.2 Å². The molecule has 118 valence electrons. The first-order chi connectivity index (χ1) is 11.0. The fraction of sp³-hybridized carbons (Fsp3) is 0.250. The molecule has 1 unspecified atom stereocenters. The molecule has 1 aromatic carbocycles. The van der Waals surface area contributed by atoms with Crippen molar-refractivity contribution in [2.75, 3.05) is 11.9 Å². The molecule has 0 spiro atoms. The number of aromatic amines is 1. The van der Waals surface area contributed by atoms with Gasteiger partial charge in [0, 0.05) is 22.9 Å². The largest absolute Gasteiger partial charge is 0.465 e. The zero-order valence-electron chi connectivity index (χ0n) is 12.7. The SMILES string of the molecule is CCOC(=O)C1(C)C(=O)Nc2ccc(-c3ccc(=O)[nH]n3)cc21. The molecule has 1 amide bonds. The number of fused-ring (bicyclic) bond motifs is 1. The van der Waals surface area contributed by atoms with Crippen LogP contribution in [0.2, 0.25) is 0 Å². The van der Waals surface area contributed by atoms with Gasteiger partial charge in [-0.15, -0.1) is 0 Å². The number of benzene rings is 1. The second-order valence-electron chi connectivity index (χ2n) is 5.37. The number of carbonyl (C=O) groups is 2. The lowest BCUT2D eigenvalue weighted by molar-refractivity contribution is -0.152. The molecular weight excluding hydrogens is 298 g/mol. The van der Waals surface area contributed by atoms with E-state index in [1.165, 1.54) is 13.0 Å². The molecule has 0 fully saturated rings. The van der Waals surface area contributed by atoms with Crippen molar-refractivity contribution in [1.29, 1.82) is 0 Å². The molecular formula is C16H15N3O4. The molecule has 0 radical (unpaired) electrons. The molecule has 23 heavy (non-hydrogen) atoms. The van der Waals surface area contributed by atoms with E-state index in [4.69, 9.17) is 4.74 Å². The van der Waals surface area contributed by atoms with E-state index in [1.807, 2.05) is 0 Å². The van der Waals surface area contributed by atoms with Crippen LogP contribution < -0.4 is 10.9 Å². The van der Waals surface area contributed by atoms with E-state index in [1.54, 1.807) is 31.2 Å². The molecule has 2 aromatic rings. The minimum atomic E-state index is -1.40. The number of amides is 1. The summed E-state index contributed by atoms with van der Waals surface area (Å²) >= 11 is 0. The number of carbonyl (C=O) groups excluding carboxylic acids is 2. The van der Waals surface area contributed by atoms with Gasteiger partial charge in [0.2, 0.25) is 5.91 Å². The lowest BCUT2D eigenvalue weighted by Gasteiger charge is -2.20. The first-order valence-electron chi connectivity index (χ1n) is 7.16. The molecule has 1 aromatic heterocycles. The third-order valence-corrected chi connectivity index (χ3v) is 3.92. The standard InChI is InChI=1S/C16H15N3O4/c1-3-23-15(22)16(2)10-8-9(4-5-12(10)17-14(16)21)11-6-7-13(20)19-18-11/h4-8H,3H2,1-2H3,(H,17,21)(H,19,20). The summed E-state index contributed by atoms with van der Waals surface area (Å²) < 4.78 is 5.05. The van der Waals surface area contributed by atoms with Crippen LogP contribution in [0.3, 0.4) is 0 Å². The summed E-state index contributed by atoms with van der Waals surface area (Å²) in [6, 6.07) is 8.12. The summed E-state index contributed by atoms with van der Waals surface area (Å²) in [6.45, 7) is 3.42. The van der Waals surface area contributed by atoms with E-state index < -0.39 is 17.3 Å². The van der Waals surface area contributed by atoms with Crippen LogP contribution in [0.25, 0.3) is 11.3 Å². The third-order valence-electron chi connectivity index (χ3n) is 3.92. The molecule has 1 aliphatic rings. The Hall–Kier alpha value is -2.96. The Morgan fingerprint density at radius 2 is 2.04 bits per heavy atom. The van der Waals surface area contributed by atoms with Crippen LogP contribution in [-0.2, 0) is 19.7 Å². The average molecular weight is 313 g/mol. The van der Waals surface area contributed by atoms with Gasteiger partial charge >= 0.3 is 5.97 Å². The van der Waals surface area contributed by atoms with Gasteiger partial charge in [-0.1, -0.05) is 6.07 Å². The van der Waals surface area contributed by atoms with E-state index in [-0.39, 0.29) is 12.2 Å². The zero-order valence-corrected chi connectivity index (χ0v) is 12.7. The smallest absolute Gasteiger partial charge is 0.326 e. The van der Waals surface area contributed by atoms with Crippen LogP contribution in [0.4, 0.5) is 5.69 Å². The third kappa shape index (κ3) is 2.30. The maximum absolute atomic E-state index is 12.3. The molecule has 2 heterocycles. The number of nitrogens with zero attached hydrogens (tertiary/aromatic N) is 1. The van der Waals surface area contributed by atoms with Gasteiger partial charge in [0.05, 0.1) is 12.3 Å². The fourth-order valence-corrected chi connectivity index (χ4v) is 2.58. The monoisotopic (exact) mass is 313 g/mol. The summed E-state index contributed by atoms with van der Waals surface area (Å²) in [7, 11) is 0. The van der Waals surface area contributed by atoms with Gasteiger partial charge in [0.25, 0.3) is 5.56 Å². The number of esters is 1. The number of nitrogens with one attached hydrogen (secondary N) is 2. The zero-order chi connectivity index (χ0) is 16.6. The minimum Gasteiger partial charge on any atom is -0.465 e. The van der Waals surface area contributed by atoms with Crippen LogP contribution in [-0.4, -0.2) is 28.7 Å². The summed E-state index contributed by atoms with van der Waals surface area (Å²) in [4.78, 5) is 35.7. The Balaban J connectivity index is 2.10. The summed E-state index contributed by atoms with van der Waals surface area (Å²) in [5.74, 6) is -1.01. The number of ether oxygens (including phenoxy) is 1. The van der Waals surface area contributed by atoms with Gasteiger partial charge in [-0.2, -0.15) is 5.10 Å². The molecule has 7 nitrogen and oxygen atoms in total. The first kappa shape index (κ1) is 15.0. The number of hydrogen-bond donors (Lipinski definition) is 2. The first-order valence-corrected chi connectivity index (χ1v) is 7.16. The number of rotatable bonds is 3. The van der Waals surface area contributed by atoms with Crippen molar-refractivity contribution in [3.8, 4) is 11.3 Å². The van der Waals surface area contributed by atoms with Gasteiger partial charge in [-0.25, -0.2) is 5.10 Å². The molecule has 7 heteroatoms. The summed E-state index contributed by atoms with van der Waals surface area (Å²) in [5, 5.41) is 9.02. The van der Waals surface area contributed by atoms with Crippen molar-refractivity contribution >= 4 is 17.6 Å². The van der Waals surface area contributed by atoms with Crippen molar-refractivity contribution < 1.29 is 14.3 Å². The number of anilines is 1. The maximum Gasteiger partial charge on any atom is 0.326 e. The normalized spacial score (nSPS) is 19.1. The number of H-pyrrole nitrogens is 1. The summed E-state index contributed by atoms with van der Waals surface area (Å²) in [5.41, 5.74) is 0.627. The topological polar surface area (TPSA) is 101 Å². The van der Waals surface area contributed by atoms with Crippen molar-refractivity contribution in [3.63, 3.8) is 0 Å². The second kappa shape index (κ2) is 5.35. The highest BCUT2D eigenvalue weighted by molar-refractivity contribution is 6.19. The molecule has 1 aliphatic heterocycles. The van der Waals surface area contributed by atoms with E-state index >= 15 is 0 Å². The van der Waals surface area contributed by atoms with E-state index in [2.05, 4.69) is 15.5 Å². The Bertz CT molecular complexity index is 838. The number of aromatic nitrogens is 2. The molecule has 1 atom stereocenters. The molecule has 0 saturated heterocycles. The van der Waals surface area contributed by atoms with E-state index in [0.717, 1.165) is 0 Å². The van der Waals surface area contributed by atoms with Crippen LogP contribution >= 0.6 is 0 Å². The van der Waals surface area contributed by atoms with Crippen LogP contribution in [0.15, 0.2) is 35.1 Å². The highest BCUT2D eigenvalue weighted by Crippen LogP contribution is 2.40. The predicted octanol–water partition coefficient (Wildman–Crippen LogP) is 1.21. The Morgan fingerprint density at radius 3 is 2.70 bits per heavy atom. The Labute approximate surface area is 131 Å². The molecule has 3 rings (SSSR count). The highest BCUT2D eigenvalue weighted by Gasteiger charge is 2.50. The molecule has 0 bridgehead atoms. The molecule has 0 aliphatic carbocycles. The quantitative estimate of drug-likeness (QED) is 0.655. The van der Waals surface area contributed by atoms with Gasteiger partial charge in [-0.05, 0) is 32.0 Å². The van der Waals surface area contributed by atoms with Gasteiger partial charge in [0.15, 0.2) is 5.41 Å². The van der Waals surface area contributed by atoms with Crippen LogP contribution in [0.5, 0.6) is 0 Å². The Morgan fingerprint density at radius 1 is 1.26 bits per heavy atom. The second-order valence-corrected chi connectivity index (χ2v) is 5.37. The minimum absolute atomic E-state index is 0.193. The maximum atomic E-state index is 12.3. The van der Waals surface area contributed by atoms with E-state index in [0.29, 0.717) is 22.5 Å². The Kier molecular flexibility index (Phi) is 3.48. The van der Waals surface area contributed by atoms with Crippen molar-refractivity contribution in [1.82, 2.24) is 10.2 Å². The fourth-order valence-electron chi connectivity index (χ4n) is 2.58. The lowest BCUT2D eigenvalue weighted by atomic mass is 9.83. The van der Waals surface area contributed by atoms with Crippen molar-refractivity contribution in [2.24, 2.45) is 0 Å². The van der Waals surface area contributed by atoms with Gasteiger partial charge < -0.3 is 10.1 Å². The molecule has 2 N–H and O–H groups in total. The predicted molar refractivity (Wildman–Crippen MR) is 82.9 cm³/mol. The van der Waals surface area contributed by atoms with E-state index in [9.17, 15) is 14.4 Å². The van der Waals surface area contributed by atoms with Gasteiger partial charge in [0.1, 0.15) is 0 Å². The van der Waals surface area contributed by atoms with Crippen LogP contribution in [0.1, 0.15) is 19.4 Å². The van der Waals surface area contributed by atoms with Crippen molar-refractivity contribution in [2.45, 2.75) is 19.3 Å². The highest BCUT2D eigenvalue weighted by atomic mass is 16.5. The lowest BCUT2D eigenvalue weighted by Crippen LogP contribution is -2.40.